The van der Waals surface area contributed by atoms with E-state index in [1.807, 2.05) is 24.3 Å². The lowest BCUT2D eigenvalue weighted by Crippen LogP contribution is -2.15. The van der Waals surface area contributed by atoms with Crippen molar-refractivity contribution in [3.05, 3.63) is 53.3 Å². The highest BCUT2D eigenvalue weighted by molar-refractivity contribution is 6.03. The molecule has 1 amide bonds. The highest BCUT2D eigenvalue weighted by Crippen LogP contribution is 2.25. The van der Waals surface area contributed by atoms with Crippen molar-refractivity contribution >= 4 is 17.3 Å². The number of benzene rings is 1. The number of hydrogen-bond donors (Lipinski definition) is 2. The van der Waals surface area contributed by atoms with Crippen molar-refractivity contribution in [2.75, 3.05) is 17.2 Å². The van der Waals surface area contributed by atoms with Gasteiger partial charge in [0.05, 0.1) is 5.56 Å². The lowest BCUT2D eigenvalue weighted by Gasteiger charge is -2.18. The number of hydrogen-bond acceptors (Lipinski definition) is 4. The zero-order valence-electron chi connectivity index (χ0n) is 11.4. The van der Waals surface area contributed by atoms with E-state index in [0.29, 0.717) is 11.3 Å². The van der Waals surface area contributed by atoms with E-state index in [-0.39, 0.29) is 5.91 Å². The molecule has 0 saturated carbocycles. The third-order valence-electron chi connectivity index (χ3n) is 3.43. The molecule has 0 radical (unpaired) electrons. The third-order valence-corrected chi connectivity index (χ3v) is 3.43. The van der Waals surface area contributed by atoms with E-state index in [2.05, 4.69) is 15.6 Å². The summed E-state index contributed by atoms with van der Waals surface area (Å²) in [5, 5.41) is 14.9. The van der Waals surface area contributed by atoms with Crippen LogP contribution in [0.1, 0.15) is 28.0 Å². The molecule has 0 bridgehead atoms. The zero-order chi connectivity index (χ0) is 14.7. The van der Waals surface area contributed by atoms with Gasteiger partial charge in [0.2, 0.25) is 0 Å². The SMILES string of the molecule is N#Cc1ccc(C(=O)Nc2ccc3c(c2)NCCC3)nc1. The van der Waals surface area contributed by atoms with Gasteiger partial charge in [-0.2, -0.15) is 5.26 Å². The van der Waals surface area contributed by atoms with Crippen molar-refractivity contribution in [3.63, 3.8) is 0 Å². The molecule has 5 nitrogen and oxygen atoms in total. The van der Waals surface area contributed by atoms with Crippen LogP contribution < -0.4 is 10.6 Å². The minimum atomic E-state index is -0.282. The number of nitrogens with one attached hydrogen (secondary N) is 2. The number of pyridine rings is 1. The summed E-state index contributed by atoms with van der Waals surface area (Å²) in [6, 6.07) is 11.0. The second-order valence-corrected chi connectivity index (χ2v) is 4.90. The summed E-state index contributed by atoms with van der Waals surface area (Å²) in [5.74, 6) is -0.282. The summed E-state index contributed by atoms with van der Waals surface area (Å²) < 4.78 is 0. The average Bonchev–Trinajstić information content (AvgIpc) is 2.55. The van der Waals surface area contributed by atoms with Crippen LogP contribution in [0.5, 0.6) is 0 Å². The van der Waals surface area contributed by atoms with Crippen LogP contribution in [0, 0.1) is 11.3 Å². The molecule has 104 valence electrons. The quantitative estimate of drug-likeness (QED) is 0.885. The minimum Gasteiger partial charge on any atom is -0.385 e. The molecule has 1 aliphatic rings. The van der Waals surface area contributed by atoms with Crippen LogP contribution >= 0.6 is 0 Å². The second kappa shape index (κ2) is 5.63. The van der Waals surface area contributed by atoms with Crippen LogP contribution in [0.2, 0.25) is 0 Å². The topological polar surface area (TPSA) is 77.8 Å². The van der Waals surface area contributed by atoms with E-state index < -0.39 is 0 Å². The Morgan fingerprint density at radius 3 is 3.00 bits per heavy atom. The van der Waals surface area contributed by atoms with Crippen LogP contribution in [-0.4, -0.2) is 17.4 Å². The van der Waals surface area contributed by atoms with Gasteiger partial charge in [0.25, 0.3) is 5.91 Å². The van der Waals surface area contributed by atoms with Gasteiger partial charge in [-0.05, 0) is 42.7 Å². The Hall–Kier alpha value is -2.87. The van der Waals surface area contributed by atoms with Gasteiger partial charge in [-0.3, -0.25) is 4.79 Å². The second-order valence-electron chi connectivity index (χ2n) is 4.90. The highest BCUT2D eigenvalue weighted by atomic mass is 16.1. The fourth-order valence-corrected chi connectivity index (χ4v) is 2.33. The predicted octanol–water partition coefficient (Wildman–Crippen LogP) is 2.56. The van der Waals surface area contributed by atoms with Gasteiger partial charge in [-0.25, -0.2) is 4.98 Å². The Labute approximate surface area is 122 Å². The highest BCUT2D eigenvalue weighted by Gasteiger charge is 2.11. The van der Waals surface area contributed by atoms with Crippen LogP contribution in [-0.2, 0) is 6.42 Å². The van der Waals surface area contributed by atoms with Gasteiger partial charge < -0.3 is 10.6 Å². The Kier molecular flexibility index (Phi) is 3.52. The smallest absolute Gasteiger partial charge is 0.274 e. The van der Waals surface area contributed by atoms with Crippen molar-refractivity contribution in [1.29, 1.82) is 5.26 Å². The number of amides is 1. The zero-order valence-corrected chi connectivity index (χ0v) is 11.4. The molecule has 1 aromatic carbocycles. The first-order valence-electron chi connectivity index (χ1n) is 6.80. The molecule has 0 unspecified atom stereocenters. The van der Waals surface area contributed by atoms with Crippen LogP contribution in [0.15, 0.2) is 36.5 Å². The van der Waals surface area contributed by atoms with E-state index >= 15 is 0 Å². The average molecular weight is 278 g/mol. The molecule has 2 heterocycles. The largest absolute Gasteiger partial charge is 0.385 e. The number of nitriles is 1. The molecule has 0 atom stereocenters. The molecule has 0 saturated heterocycles. The van der Waals surface area contributed by atoms with E-state index in [4.69, 9.17) is 5.26 Å². The van der Waals surface area contributed by atoms with Gasteiger partial charge in [-0.1, -0.05) is 6.07 Å². The maximum absolute atomic E-state index is 12.1. The molecule has 2 aromatic rings. The van der Waals surface area contributed by atoms with Crippen LogP contribution in [0.4, 0.5) is 11.4 Å². The maximum Gasteiger partial charge on any atom is 0.274 e. The first-order valence-corrected chi connectivity index (χ1v) is 6.80. The van der Waals surface area contributed by atoms with E-state index in [1.54, 1.807) is 12.1 Å². The molecule has 0 fully saturated rings. The lowest BCUT2D eigenvalue weighted by atomic mass is 10.0. The van der Waals surface area contributed by atoms with E-state index in [1.165, 1.54) is 11.8 Å². The standard InChI is InChI=1S/C16H14N4O/c17-9-11-3-6-14(19-10-11)16(21)20-13-5-4-12-2-1-7-18-15(12)8-13/h3-6,8,10,18H,1-2,7H2,(H,20,21). The number of nitrogens with zero attached hydrogens (tertiary/aromatic N) is 2. The molecule has 1 aromatic heterocycles. The van der Waals surface area contributed by atoms with Gasteiger partial charge in [0, 0.05) is 24.1 Å². The van der Waals surface area contributed by atoms with Crippen LogP contribution in [0.3, 0.4) is 0 Å². The molecular formula is C16H14N4O. The van der Waals surface area contributed by atoms with Crippen molar-refractivity contribution in [2.45, 2.75) is 12.8 Å². The monoisotopic (exact) mass is 278 g/mol. The lowest BCUT2D eigenvalue weighted by molar-refractivity contribution is 0.102. The normalized spacial score (nSPS) is 12.7. The Balaban J connectivity index is 1.76. The molecule has 2 N–H and O–H groups in total. The summed E-state index contributed by atoms with van der Waals surface area (Å²) in [5.41, 5.74) is 3.81. The van der Waals surface area contributed by atoms with Crippen LogP contribution in [0.25, 0.3) is 0 Å². The number of aromatic nitrogens is 1. The Morgan fingerprint density at radius 2 is 2.24 bits per heavy atom. The Bertz CT molecular complexity index is 716. The van der Waals surface area contributed by atoms with Crippen molar-refractivity contribution in [2.24, 2.45) is 0 Å². The number of anilines is 2. The molecular weight excluding hydrogens is 264 g/mol. The molecule has 0 spiro atoms. The number of rotatable bonds is 2. The summed E-state index contributed by atoms with van der Waals surface area (Å²) in [6.45, 7) is 0.960. The molecule has 21 heavy (non-hydrogen) atoms. The molecule has 0 aliphatic carbocycles. The van der Waals surface area contributed by atoms with E-state index in [9.17, 15) is 4.79 Å². The minimum absolute atomic E-state index is 0.282. The van der Waals surface area contributed by atoms with Crippen molar-refractivity contribution < 1.29 is 4.79 Å². The van der Waals surface area contributed by atoms with Gasteiger partial charge in [0.1, 0.15) is 11.8 Å². The molecule has 5 heteroatoms. The number of fused-ring (bicyclic) bond motifs is 1. The number of carbonyl (C=O) groups is 1. The fraction of sp³-hybridized carbons (Fsp3) is 0.188. The van der Waals surface area contributed by atoms with Gasteiger partial charge >= 0.3 is 0 Å². The molecule has 3 rings (SSSR count). The van der Waals surface area contributed by atoms with E-state index in [0.717, 1.165) is 30.8 Å². The van der Waals surface area contributed by atoms with Crippen molar-refractivity contribution in [1.82, 2.24) is 4.98 Å². The number of carbonyl (C=O) groups excluding carboxylic acids is 1. The summed E-state index contributed by atoms with van der Waals surface area (Å²) >= 11 is 0. The third kappa shape index (κ3) is 2.84. The summed E-state index contributed by atoms with van der Waals surface area (Å²) in [6.07, 6.45) is 3.59. The predicted molar refractivity (Wildman–Crippen MR) is 80.2 cm³/mol. The maximum atomic E-state index is 12.1. The Morgan fingerprint density at radius 1 is 1.33 bits per heavy atom. The van der Waals surface area contributed by atoms with Crippen molar-refractivity contribution in [3.8, 4) is 6.07 Å². The first-order chi connectivity index (χ1) is 10.3. The number of aryl methyl sites for hydroxylation is 1. The fourth-order valence-electron chi connectivity index (χ4n) is 2.33. The molecule has 1 aliphatic heterocycles. The summed E-state index contributed by atoms with van der Waals surface area (Å²) in [7, 11) is 0. The first kappa shape index (κ1) is 13.1. The van der Waals surface area contributed by atoms with Gasteiger partial charge in [0.15, 0.2) is 0 Å². The summed E-state index contributed by atoms with van der Waals surface area (Å²) in [4.78, 5) is 16.1. The van der Waals surface area contributed by atoms with Gasteiger partial charge in [-0.15, -0.1) is 0 Å².